The van der Waals surface area contributed by atoms with E-state index in [9.17, 15) is 0 Å². The first-order valence-electron chi connectivity index (χ1n) is 6.94. The average Bonchev–Trinajstić information content (AvgIpc) is 2.33. The summed E-state index contributed by atoms with van der Waals surface area (Å²) in [5.41, 5.74) is 3.08. The van der Waals surface area contributed by atoms with Crippen molar-refractivity contribution in [1.29, 1.82) is 0 Å². The fourth-order valence-corrected chi connectivity index (χ4v) is 2.38. The third kappa shape index (κ3) is 3.99. The minimum absolute atomic E-state index is 0.193. The highest BCUT2D eigenvalue weighted by Gasteiger charge is 2.21. The van der Waals surface area contributed by atoms with E-state index in [4.69, 9.17) is 0 Å². The van der Waals surface area contributed by atoms with E-state index >= 15 is 0 Å². The first-order valence-corrected chi connectivity index (χ1v) is 6.94. The van der Waals surface area contributed by atoms with E-state index < -0.39 is 0 Å². The molecule has 0 bridgehead atoms. The maximum absolute atomic E-state index is 3.83. The Balaban J connectivity index is 3.06. The third-order valence-corrected chi connectivity index (χ3v) is 3.25. The van der Waals surface area contributed by atoms with Crippen molar-refractivity contribution in [2.45, 2.75) is 52.0 Å². The maximum Gasteiger partial charge on any atom is 0.0326 e. The predicted octanol–water partition coefficient (Wildman–Crippen LogP) is 4.60. The van der Waals surface area contributed by atoms with Gasteiger partial charge in [0.25, 0.3) is 0 Å². The summed E-state index contributed by atoms with van der Waals surface area (Å²) in [6, 6.07) is 9.23. The molecule has 0 spiro atoms. The molecule has 0 radical (unpaired) electrons. The van der Waals surface area contributed by atoms with Crippen molar-refractivity contribution in [3.63, 3.8) is 0 Å². The Morgan fingerprint density at radius 2 is 1.94 bits per heavy atom. The van der Waals surface area contributed by atoms with Crippen molar-refractivity contribution in [2.24, 2.45) is 0 Å². The molecule has 0 saturated heterocycles. The Morgan fingerprint density at radius 3 is 2.50 bits per heavy atom. The second kappa shape index (κ2) is 6.75. The Labute approximate surface area is 112 Å². The minimum Gasteiger partial charge on any atom is -0.310 e. The number of hydrogen-bond acceptors (Lipinski definition) is 1. The Kier molecular flexibility index (Phi) is 5.61. The molecule has 0 saturated carbocycles. The van der Waals surface area contributed by atoms with Crippen LogP contribution in [-0.2, 0) is 5.41 Å². The topological polar surface area (TPSA) is 12.0 Å². The molecule has 1 N–H and O–H groups in total. The molecule has 0 aliphatic carbocycles. The van der Waals surface area contributed by atoms with Gasteiger partial charge in [0.1, 0.15) is 0 Å². The summed E-state index contributed by atoms with van der Waals surface area (Å²) in [5.74, 6) is 0. The monoisotopic (exact) mass is 245 g/mol. The zero-order chi connectivity index (χ0) is 13.6. The van der Waals surface area contributed by atoms with Crippen LogP contribution in [0, 0.1) is 0 Å². The molecule has 0 fully saturated rings. The second-order valence-electron chi connectivity index (χ2n) is 5.81. The summed E-state index contributed by atoms with van der Waals surface area (Å²) in [6.07, 6.45) is 4.17. The summed E-state index contributed by atoms with van der Waals surface area (Å²) in [6.45, 7) is 13.8. The molecule has 0 aliphatic heterocycles. The van der Waals surface area contributed by atoms with E-state index in [-0.39, 0.29) is 5.41 Å². The lowest BCUT2D eigenvalue weighted by atomic mass is 9.81. The fourth-order valence-electron chi connectivity index (χ4n) is 2.38. The molecule has 1 aromatic rings. The number of allylic oxidation sites excluding steroid dienone is 1. The largest absolute Gasteiger partial charge is 0.310 e. The van der Waals surface area contributed by atoms with Gasteiger partial charge in [0, 0.05) is 6.04 Å². The lowest BCUT2D eigenvalue weighted by Gasteiger charge is -2.28. The predicted molar refractivity (Wildman–Crippen MR) is 81.0 cm³/mol. The van der Waals surface area contributed by atoms with Gasteiger partial charge in [-0.05, 0) is 35.9 Å². The van der Waals surface area contributed by atoms with E-state index in [0.29, 0.717) is 6.04 Å². The summed E-state index contributed by atoms with van der Waals surface area (Å²) < 4.78 is 0. The molecule has 1 nitrogen and oxygen atoms in total. The van der Waals surface area contributed by atoms with Crippen LogP contribution in [0.15, 0.2) is 36.9 Å². The SMILES string of the molecule is C=CCCC(NCC)c1ccccc1C(C)(C)C. The molecule has 0 heterocycles. The highest BCUT2D eigenvalue weighted by Crippen LogP contribution is 2.31. The van der Waals surface area contributed by atoms with Crippen molar-refractivity contribution in [2.75, 3.05) is 6.54 Å². The quantitative estimate of drug-likeness (QED) is 0.722. The lowest BCUT2D eigenvalue weighted by molar-refractivity contribution is 0.496. The Hall–Kier alpha value is -1.08. The maximum atomic E-state index is 3.83. The zero-order valence-electron chi connectivity index (χ0n) is 12.3. The first kappa shape index (κ1) is 15.0. The minimum atomic E-state index is 0.193. The van der Waals surface area contributed by atoms with Gasteiger partial charge in [0.05, 0.1) is 0 Å². The van der Waals surface area contributed by atoms with Gasteiger partial charge in [0.15, 0.2) is 0 Å². The van der Waals surface area contributed by atoms with Gasteiger partial charge in [-0.25, -0.2) is 0 Å². The van der Waals surface area contributed by atoms with Gasteiger partial charge in [-0.15, -0.1) is 6.58 Å². The van der Waals surface area contributed by atoms with E-state index in [1.54, 1.807) is 0 Å². The number of nitrogens with one attached hydrogen (secondary N) is 1. The van der Waals surface area contributed by atoms with Crippen molar-refractivity contribution >= 4 is 0 Å². The molecule has 0 aromatic heterocycles. The van der Waals surface area contributed by atoms with Crippen LogP contribution in [0.2, 0.25) is 0 Å². The van der Waals surface area contributed by atoms with Crippen molar-refractivity contribution in [3.8, 4) is 0 Å². The molecule has 1 atom stereocenters. The Bertz CT molecular complexity index is 373. The summed E-state index contributed by atoms with van der Waals surface area (Å²) >= 11 is 0. The standard InChI is InChI=1S/C17H27N/c1-6-8-13-16(18-7-2)14-11-9-10-12-15(14)17(3,4)5/h6,9-12,16,18H,1,7-8,13H2,2-5H3. The summed E-state index contributed by atoms with van der Waals surface area (Å²) in [7, 11) is 0. The lowest BCUT2D eigenvalue weighted by Crippen LogP contribution is -2.25. The van der Waals surface area contributed by atoms with Crippen LogP contribution in [0.3, 0.4) is 0 Å². The number of hydrogen-bond donors (Lipinski definition) is 1. The van der Waals surface area contributed by atoms with Gasteiger partial charge < -0.3 is 5.32 Å². The van der Waals surface area contributed by atoms with E-state index in [1.165, 1.54) is 11.1 Å². The van der Waals surface area contributed by atoms with Crippen molar-refractivity contribution < 1.29 is 0 Å². The second-order valence-corrected chi connectivity index (χ2v) is 5.81. The van der Waals surface area contributed by atoms with Gasteiger partial charge in [-0.2, -0.15) is 0 Å². The molecule has 0 amide bonds. The van der Waals surface area contributed by atoms with E-state index in [0.717, 1.165) is 19.4 Å². The van der Waals surface area contributed by atoms with Gasteiger partial charge in [-0.1, -0.05) is 58.0 Å². The van der Waals surface area contributed by atoms with Crippen LogP contribution in [0.5, 0.6) is 0 Å². The molecule has 100 valence electrons. The molecule has 1 aromatic carbocycles. The number of benzene rings is 1. The molecular weight excluding hydrogens is 218 g/mol. The normalized spacial score (nSPS) is 13.3. The zero-order valence-corrected chi connectivity index (χ0v) is 12.3. The molecular formula is C17H27N. The molecule has 1 rings (SSSR count). The Morgan fingerprint density at radius 1 is 1.28 bits per heavy atom. The van der Waals surface area contributed by atoms with Crippen LogP contribution in [0.1, 0.15) is 57.7 Å². The summed E-state index contributed by atoms with van der Waals surface area (Å²) in [5, 5.41) is 3.60. The van der Waals surface area contributed by atoms with Crippen molar-refractivity contribution in [1.82, 2.24) is 5.32 Å². The summed E-state index contributed by atoms with van der Waals surface area (Å²) in [4.78, 5) is 0. The highest BCUT2D eigenvalue weighted by molar-refractivity contribution is 5.35. The highest BCUT2D eigenvalue weighted by atomic mass is 14.9. The van der Waals surface area contributed by atoms with Gasteiger partial charge in [-0.3, -0.25) is 0 Å². The fraction of sp³-hybridized carbons (Fsp3) is 0.529. The van der Waals surface area contributed by atoms with Crippen LogP contribution in [0.25, 0.3) is 0 Å². The van der Waals surface area contributed by atoms with E-state index in [1.807, 2.05) is 6.08 Å². The molecule has 1 unspecified atom stereocenters. The van der Waals surface area contributed by atoms with Crippen molar-refractivity contribution in [3.05, 3.63) is 48.0 Å². The molecule has 1 heteroatoms. The van der Waals surface area contributed by atoms with Gasteiger partial charge in [0.2, 0.25) is 0 Å². The van der Waals surface area contributed by atoms with Crippen LogP contribution in [0.4, 0.5) is 0 Å². The molecule has 0 aliphatic rings. The average molecular weight is 245 g/mol. The molecule has 18 heavy (non-hydrogen) atoms. The number of rotatable bonds is 6. The van der Waals surface area contributed by atoms with Crippen LogP contribution < -0.4 is 5.32 Å². The van der Waals surface area contributed by atoms with Gasteiger partial charge >= 0.3 is 0 Å². The van der Waals surface area contributed by atoms with Crippen LogP contribution in [-0.4, -0.2) is 6.54 Å². The first-order chi connectivity index (χ1) is 8.50. The third-order valence-electron chi connectivity index (χ3n) is 3.25. The van der Waals surface area contributed by atoms with Crippen LogP contribution >= 0.6 is 0 Å². The smallest absolute Gasteiger partial charge is 0.0326 e. The van der Waals surface area contributed by atoms with E-state index in [2.05, 4.69) is 63.9 Å².